The Kier molecular flexibility index (Phi) is 4.34. The van der Waals surface area contributed by atoms with Crippen LogP contribution in [0.4, 0.5) is 0 Å². The van der Waals surface area contributed by atoms with Crippen LogP contribution in [0.15, 0.2) is 12.3 Å². The summed E-state index contributed by atoms with van der Waals surface area (Å²) in [6.45, 7) is 6.55. The van der Waals surface area contributed by atoms with Gasteiger partial charge in [0.25, 0.3) is 5.91 Å². The topological polar surface area (TPSA) is 96.7 Å². The molecule has 1 amide bonds. The Balaban J connectivity index is 2.15. The zero-order valence-corrected chi connectivity index (χ0v) is 12.1. The summed E-state index contributed by atoms with van der Waals surface area (Å²) in [6.07, 6.45) is 2.41. The lowest BCUT2D eigenvalue weighted by molar-refractivity contribution is 0.0933. The first-order chi connectivity index (χ1) is 9.51. The van der Waals surface area contributed by atoms with Crippen molar-refractivity contribution >= 4 is 16.9 Å². The van der Waals surface area contributed by atoms with E-state index in [0.29, 0.717) is 23.7 Å². The summed E-state index contributed by atoms with van der Waals surface area (Å²) < 4.78 is 0. The normalized spacial score (nSPS) is 12.8. The molecule has 20 heavy (non-hydrogen) atoms. The lowest BCUT2D eigenvalue weighted by Gasteiger charge is -2.18. The molecular formula is C14H21N5O. The molecule has 2 aromatic heterocycles. The number of aromatic amines is 1. The monoisotopic (exact) mass is 275 g/mol. The van der Waals surface area contributed by atoms with E-state index in [1.807, 2.05) is 6.92 Å². The van der Waals surface area contributed by atoms with Gasteiger partial charge in [0.1, 0.15) is 0 Å². The number of nitrogens with two attached hydrogens (primary N) is 1. The quantitative estimate of drug-likeness (QED) is 0.767. The number of hydrogen-bond donors (Lipinski definition) is 3. The molecule has 0 spiro atoms. The Morgan fingerprint density at radius 2 is 2.25 bits per heavy atom. The van der Waals surface area contributed by atoms with Gasteiger partial charge in [-0.05, 0) is 25.3 Å². The van der Waals surface area contributed by atoms with E-state index in [-0.39, 0.29) is 11.9 Å². The Morgan fingerprint density at radius 3 is 2.90 bits per heavy atom. The lowest BCUT2D eigenvalue weighted by atomic mass is 10.0. The number of fused-ring (bicyclic) bond motifs is 1. The zero-order valence-electron chi connectivity index (χ0n) is 12.1. The number of nitrogens with one attached hydrogen (secondary N) is 2. The molecule has 0 aromatic carbocycles. The van der Waals surface area contributed by atoms with Crippen LogP contribution >= 0.6 is 0 Å². The van der Waals surface area contributed by atoms with E-state index in [1.165, 1.54) is 0 Å². The first kappa shape index (κ1) is 14.5. The summed E-state index contributed by atoms with van der Waals surface area (Å²) in [5, 5.41) is 10.7. The number of aromatic nitrogens is 3. The van der Waals surface area contributed by atoms with E-state index in [1.54, 1.807) is 12.3 Å². The van der Waals surface area contributed by atoms with Crippen molar-refractivity contribution in [1.29, 1.82) is 0 Å². The maximum absolute atomic E-state index is 12.2. The average Bonchev–Trinajstić information content (AvgIpc) is 2.78. The van der Waals surface area contributed by atoms with Crippen molar-refractivity contribution in [2.24, 2.45) is 11.7 Å². The van der Waals surface area contributed by atoms with Crippen molar-refractivity contribution in [2.45, 2.75) is 33.2 Å². The first-order valence-electron chi connectivity index (χ1n) is 6.83. The minimum Gasteiger partial charge on any atom is -0.348 e. The number of amides is 1. The zero-order chi connectivity index (χ0) is 14.7. The number of carbonyl (C=O) groups excluding carboxylic acids is 1. The van der Waals surface area contributed by atoms with Gasteiger partial charge in [0.05, 0.1) is 5.56 Å². The number of hydrogen-bond acceptors (Lipinski definition) is 4. The molecule has 1 unspecified atom stereocenters. The standard InChI is InChI=1S/C14H21N5O/c1-8(2)4-11(6-15)17-14(20)10-5-12-9(3)18-19-13(12)16-7-10/h5,7-8,11H,4,6,15H2,1-3H3,(H,17,20)(H,16,18,19). The van der Waals surface area contributed by atoms with Gasteiger partial charge < -0.3 is 11.1 Å². The molecule has 6 nitrogen and oxygen atoms in total. The predicted octanol–water partition coefficient (Wildman–Crippen LogP) is 1.37. The number of nitrogens with zero attached hydrogens (tertiary/aromatic N) is 2. The average molecular weight is 275 g/mol. The molecule has 4 N–H and O–H groups in total. The second-order valence-corrected chi connectivity index (χ2v) is 5.48. The second kappa shape index (κ2) is 6.00. The van der Waals surface area contributed by atoms with E-state index < -0.39 is 0 Å². The Bertz CT molecular complexity index is 605. The summed E-state index contributed by atoms with van der Waals surface area (Å²) >= 11 is 0. The molecule has 0 radical (unpaired) electrons. The van der Waals surface area contributed by atoms with Gasteiger partial charge >= 0.3 is 0 Å². The summed E-state index contributed by atoms with van der Waals surface area (Å²) in [7, 11) is 0. The molecule has 0 aliphatic rings. The van der Waals surface area contributed by atoms with Crippen LogP contribution in [0, 0.1) is 12.8 Å². The minimum atomic E-state index is -0.142. The third kappa shape index (κ3) is 3.14. The molecule has 2 aromatic rings. The highest BCUT2D eigenvalue weighted by Gasteiger charge is 2.15. The van der Waals surface area contributed by atoms with Crippen molar-refractivity contribution in [2.75, 3.05) is 6.54 Å². The summed E-state index contributed by atoms with van der Waals surface area (Å²) in [6, 6.07) is 1.79. The Labute approximate surface area is 118 Å². The van der Waals surface area contributed by atoms with Gasteiger partial charge in [-0.15, -0.1) is 0 Å². The number of rotatable bonds is 5. The van der Waals surface area contributed by atoms with Crippen molar-refractivity contribution in [3.05, 3.63) is 23.5 Å². The largest absolute Gasteiger partial charge is 0.348 e. The fourth-order valence-electron chi connectivity index (χ4n) is 2.20. The minimum absolute atomic E-state index is 0.0105. The van der Waals surface area contributed by atoms with Gasteiger partial charge in [0.2, 0.25) is 0 Å². The van der Waals surface area contributed by atoms with Crippen LogP contribution in [0.1, 0.15) is 36.3 Å². The van der Waals surface area contributed by atoms with Crippen LogP contribution in [-0.2, 0) is 0 Å². The van der Waals surface area contributed by atoms with Crippen LogP contribution < -0.4 is 11.1 Å². The van der Waals surface area contributed by atoms with Crippen molar-refractivity contribution in [1.82, 2.24) is 20.5 Å². The van der Waals surface area contributed by atoms with Crippen LogP contribution in [0.2, 0.25) is 0 Å². The molecule has 0 aliphatic carbocycles. The molecule has 0 bridgehead atoms. The van der Waals surface area contributed by atoms with Gasteiger partial charge in [-0.1, -0.05) is 13.8 Å². The van der Waals surface area contributed by atoms with Crippen molar-refractivity contribution < 1.29 is 4.79 Å². The smallest absolute Gasteiger partial charge is 0.253 e. The van der Waals surface area contributed by atoms with Crippen molar-refractivity contribution in [3.63, 3.8) is 0 Å². The Morgan fingerprint density at radius 1 is 1.50 bits per heavy atom. The van der Waals surface area contributed by atoms with Crippen LogP contribution in [0.25, 0.3) is 11.0 Å². The predicted molar refractivity (Wildman–Crippen MR) is 78.4 cm³/mol. The maximum Gasteiger partial charge on any atom is 0.253 e. The molecule has 0 fully saturated rings. The third-order valence-corrected chi connectivity index (χ3v) is 3.24. The number of pyridine rings is 1. The first-order valence-corrected chi connectivity index (χ1v) is 6.83. The fraction of sp³-hybridized carbons (Fsp3) is 0.500. The van der Waals surface area contributed by atoms with E-state index in [4.69, 9.17) is 5.73 Å². The molecule has 1 atom stereocenters. The van der Waals surface area contributed by atoms with E-state index in [0.717, 1.165) is 17.5 Å². The number of carbonyl (C=O) groups is 1. The second-order valence-electron chi connectivity index (χ2n) is 5.48. The van der Waals surface area contributed by atoms with Gasteiger partial charge in [-0.25, -0.2) is 4.98 Å². The SMILES string of the molecule is Cc1[nH]nc2ncc(C(=O)NC(CN)CC(C)C)cc12. The fourth-order valence-corrected chi connectivity index (χ4v) is 2.20. The van der Waals surface area contributed by atoms with Gasteiger partial charge in [0.15, 0.2) is 5.65 Å². The molecule has 0 saturated carbocycles. The highest BCUT2D eigenvalue weighted by atomic mass is 16.1. The molecule has 108 valence electrons. The van der Waals surface area contributed by atoms with Gasteiger partial charge in [-0.2, -0.15) is 5.10 Å². The third-order valence-electron chi connectivity index (χ3n) is 3.24. The summed E-state index contributed by atoms with van der Waals surface area (Å²) in [5.41, 5.74) is 7.76. The highest BCUT2D eigenvalue weighted by Crippen LogP contribution is 2.14. The number of aryl methyl sites for hydroxylation is 1. The lowest BCUT2D eigenvalue weighted by Crippen LogP contribution is -2.41. The Hall–Kier alpha value is -1.95. The van der Waals surface area contributed by atoms with Gasteiger partial charge in [0, 0.05) is 29.9 Å². The maximum atomic E-state index is 12.2. The summed E-state index contributed by atoms with van der Waals surface area (Å²) in [5.74, 6) is 0.344. The van der Waals surface area contributed by atoms with Crippen molar-refractivity contribution in [3.8, 4) is 0 Å². The molecule has 2 heterocycles. The van der Waals surface area contributed by atoms with Crippen LogP contribution in [-0.4, -0.2) is 33.7 Å². The van der Waals surface area contributed by atoms with Gasteiger partial charge in [-0.3, -0.25) is 9.89 Å². The van der Waals surface area contributed by atoms with E-state index >= 15 is 0 Å². The highest BCUT2D eigenvalue weighted by molar-refractivity contribution is 5.97. The molecule has 6 heteroatoms. The number of H-pyrrole nitrogens is 1. The molecular weight excluding hydrogens is 254 g/mol. The van der Waals surface area contributed by atoms with Crippen LogP contribution in [0.3, 0.4) is 0 Å². The molecule has 0 saturated heterocycles. The van der Waals surface area contributed by atoms with Crippen LogP contribution in [0.5, 0.6) is 0 Å². The molecule has 0 aliphatic heterocycles. The molecule has 2 rings (SSSR count). The van der Waals surface area contributed by atoms with E-state index in [9.17, 15) is 4.79 Å². The van der Waals surface area contributed by atoms with E-state index in [2.05, 4.69) is 34.3 Å². The summed E-state index contributed by atoms with van der Waals surface area (Å²) in [4.78, 5) is 16.4.